The number of hydrogen-bond acceptors (Lipinski definition) is 3. The van der Waals surface area contributed by atoms with Gasteiger partial charge in [0, 0.05) is 13.1 Å². The molecule has 0 aliphatic carbocycles. The van der Waals surface area contributed by atoms with E-state index in [1.165, 1.54) is 11.1 Å². The Bertz CT molecular complexity index is 704. The molecule has 0 spiro atoms. The summed E-state index contributed by atoms with van der Waals surface area (Å²) in [5.41, 5.74) is 1.20. The van der Waals surface area contributed by atoms with Gasteiger partial charge in [-0.3, -0.25) is 4.79 Å². The van der Waals surface area contributed by atoms with E-state index in [0.717, 1.165) is 24.5 Å². The van der Waals surface area contributed by atoms with Gasteiger partial charge in [-0.2, -0.15) is 9.78 Å². The number of para-hydroxylation sites is 1. The molecule has 0 amide bonds. The van der Waals surface area contributed by atoms with Crippen LogP contribution in [0.1, 0.15) is 20.3 Å². The van der Waals surface area contributed by atoms with Gasteiger partial charge in [0.15, 0.2) is 0 Å². The lowest BCUT2D eigenvalue weighted by Gasteiger charge is -2.36. The largest absolute Gasteiger partial charge is 0.368 e. The van der Waals surface area contributed by atoms with Crippen molar-refractivity contribution in [3.63, 3.8) is 0 Å². The molecule has 1 aliphatic rings. The van der Waals surface area contributed by atoms with Gasteiger partial charge < -0.3 is 4.90 Å². The van der Waals surface area contributed by atoms with Crippen molar-refractivity contribution in [2.24, 2.45) is 11.8 Å². The van der Waals surface area contributed by atoms with Crippen LogP contribution in [0, 0.1) is 11.8 Å². The monoisotopic (exact) mass is 317 g/mol. The number of anilines is 1. The van der Waals surface area contributed by atoms with E-state index >= 15 is 0 Å². The Kier molecular flexibility index (Phi) is 4.21. The summed E-state index contributed by atoms with van der Waals surface area (Å²) >= 11 is 6.36. The number of nitrogens with zero attached hydrogens (tertiary/aromatic N) is 3. The molecule has 1 saturated heterocycles. The van der Waals surface area contributed by atoms with Gasteiger partial charge in [-0.25, -0.2) is 0 Å². The molecule has 4 nitrogen and oxygen atoms in total. The maximum Gasteiger partial charge on any atom is 0.292 e. The highest BCUT2D eigenvalue weighted by Crippen LogP contribution is 2.29. The lowest BCUT2D eigenvalue weighted by Crippen LogP contribution is -2.40. The van der Waals surface area contributed by atoms with Gasteiger partial charge >= 0.3 is 0 Å². The zero-order chi connectivity index (χ0) is 15.7. The van der Waals surface area contributed by atoms with Gasteiger partial charge in [0.05, 0.1) is 17.6 Å². The highest BCUT2D eigenvalue weighted by atomic mass is 35.5. The smallest absolute Gasteiger partial charge is 0.292 e. The Hall–Kier alpha value is -1.81. The summed E-state index contributed by atoms with van der Waals surface area (Å²) in [5.74, 6) is 1.19. The molecule has 2 heterocycles. The van der Waals surface area contributed by atoms with Crippen molar-refractivity contribution in [2.45, 2.75) is 20.3 Å². The predicted molar refractivity (Wildman–Crippen MR) is 90.0 cm³/mol. The van der Waals surface area contributed by atoms with Crippen LogP contribution >= 0.6 is 11.6 Å². The van der Waals surface area contributed by atoms with E-state index in [2.05, 4.69) is 23.8 Å². The van der Waals surface area contributed by atoms with Crippen LogP contribution in [0.5, 0.6) is 0 Å². The van der Waals surface area contributed by atoms with Crippen molar-refractivity contribution in [1.82, 2.24) is 9.78 Å². The number of benzene rings is 1. The van der Waals surface area contributed by atoms with Gasteiger partial charge in [0.25, 0.3) is 5.56 Å². The molecule has 1 aliphatic heterocycles. The number of hydrogen-bond donors (Lipinski definition) is 0. The number of aromatic nitrogens is 2. The summed E-state index contributed by atoms with van der Waals surface area (Å²) in [6, 6.07) is 9.34. The minimum Gasteiger partial charge on any atom is -0.368 e. The van der Waals surface area contributed by atoms with Crippen molar-refractivity contribution in [1.29, 1.82) is 0 Å². The van der Waals surface area contributed by atoms with Gasteiger partial charge in [-0.1, -0.05) is 43.6 Å². The maximum absolute atomic E-state index is 12.5. The van der Waals surface area contributed by atoms with E-state index in [-0.39, 0.29) is 10.6 Å². The Morgan fingerprint density at radius 3 is 2.41 bits per heavy atom. The van der Waals surface area contributed by atoms with E-state index < -0.39 is 0 Å². The van der Waals surface area contributed by atoms with E-state index in [1.54, 1.807) is 6.20 Å². The number of rotatable bonds is 2. The van der Waals surface area contributed by atoms with E-state index in [0.29, 0.717) is 11.8 Å². The van der Waals surface area contributed by atoms with Crippen LogP contribution in [0.25, 0.3) is 5.69 Å². The molecular formula is C17H20ClN3O. The molecule has 1 aromatic heterocycles. The molecule has 116 valence electrons. The van der Waals surface area contributed by atoms with Gasteiger partial charge in [-0.15, -0.1) is 0 Å². The van der Waals surface area contributed by atoms with Crippen molar-refractivity contribution in [2.75, 3.05) is 18.0 Å². The summed E-state index contributed by atoms with van der Waals surface area (Å²) in [7, 11) is 0. The summed E-state index contributed by atoms with van der Waals surface area (Å²) in [5, 5.41) is 4.56. The van der Waals surface area contributed by atoms with Crippen molar-refractivity contribution in [3.8, 4) is 5.69 Å². The average molecular weight is 318 g/mol. The summed E-state index contributed by atoms with van der Waals surface area (Å²) in [6.07, 6.45) is 2.92. The zero-order valence-corrected chi connectivity index (χ0v) is 13.6. The third-order valence-electron chi connectivity index (χ3n) is 4.11. The first-order chi connectivity index (χ1) is 10.6. The van der Waals surface area contributed by atoms with Crippen LogP contribution in [0.2, 0.25) is 5.02 Å². The molecular weight excluding hydrogens is 298 g/mol. The predicted octanol–water partition coefficient (Wildman–Crippen LogP) is 3.37. The second-order valence-electron chi connectivity index (χ2n) is 6.25. The van der Waals surface area contributed by atoms with Gasteiger partial charge in [-0.05, 0) is 30.4 Å². The first kappa shape index (κ1) is 15.1. The minimum absolute atomic E-state index is 0.250. The highest BCUT2D eigenvalue weighted by Gasteiger charge is 2.25. The first-order valence-electron chi connectivity index (χ1n) is 7.64. The lowest BCUT2D eigenvalue weighted by molar-refractivity contribution is 0.356. The van der Waals surface area contributed by atoms with Crippen LogP contribution in [-0.4, -0.2) is 22.9 Å². The second kappa shape index (κ2) is 6.13. The molecule has 1 aromatic carbocycles. The third-order valence-corrected chi connectivity index (χ3v) is 4.47. The second-order valence-corrected chi connectivity index (χ2v) is 6.63. The van der Waals surface area contributed by atoms with E-state index in [4.69, 9.17) is 11.6 Å². The maximum atomic E-state index is 12.5. The minimum atomic E-state index is -0.267. The number of piperidine rings is 1. The molecule has 3 rings (SSSR count). The molecule has 0 unspecified atom stereocenters. The van der Waals surface area contributed by atoms with Crippen LogP contribution in [-0.2, 0) is 0 Å². The van der Waals surface area contributed by atoms with Crippen LogP contribution in [0.4, 0.5) is 5.69 Å². The normalized spacial score (nSPS) is 21.9. The standard InChI is InChI=1S/C17H20ClN3O/c1-12-8-13(2)11-20(10-12)15-9-19-21(17(22)16(15)18)14-6-4-3-5-7-14/h3-7,9,12-13H,8,10-11H2,1-2H3/t12-,13-/m1/s1. The molecule has 1 fully saturated rings. The van der Waals surface area contributed by atoms with Crippen LogP contribution < -0.4 is 10.5 Å². The van der Waals surface area contributed by atoms with E-state index in [1.807, 2.05) is 30.3 Å². The fourth-order valence-electron chi connectivity index (χ4n) is 3.26. The summed E-state index contributed by atoms with van der Waals surface area (Å²) in [6.45, 7) is 6.30. The fraction of sp³-hybridized carbons (Fsp3) is 0.412. The first-order valence-corrected chi connectivity index (χ1v) is 8.02. The van der Waals surface area contributed by atoms with E-state index in [9.17, 15) is 4.79 Å². The summed E-state index contributed by atoms with van der Waals surface area (Å²) in [4.78, 5) is 14.7. The molecule has 2 aromatic rings. The fourth-order valence-corrected chi connectivity index (χ4v) is 3.51. The number of halogens is 1. The molecule has 0 saturated carbocycles. The van der Waals surface area contributed by atoms with Crippen molar-refractivity contribution in [3.05, 3.63) is 51.9 Å². The Morgan fingerprint density at radius 1 is 1.14 bits per heavy atom. The van der Waals surface area contributed by atoms with Crippen LogP contribution in [0.15, 0.2) is 41.3 Å². The highest BCUT2D eigenvalue weighted by molar-refractivity contribution is 6.33. The Balaban J connectivity index is 1.98. The van der Waals surface area contributed by atoms with Crippen LogP contribution in [0.3, 0.4) is 0 Å². The summed E-state index contributed by atoms with van der Waals surface area (Å²) < 4.78 is 1.35. The topological polar surface area (TPSA) is 38.1 Å². The third kappa shape index (κ3) is 2.88. The SMILES string of the molecule is C[C@@H]1C[C@@H](C)CN(c2cnn(-c3ccccc3)c(=O)c2Cl)C1. The average Bonchev–Trinajstić information content (AvgIpc) is 2.50. The quantitative estimate of drug-likeness (QED) is 0.852. The Labute approximate surface area is 135 Å². The molecule has 5 heteroatoms. The van der Waals surface area contributed by atoms with Gasteiger partial charge in [0.2, 0.25) is 0 Å². The van der Waals surface area contributed by atoms with Gasteiger partial charge in [0.1, 0.15) is 5.02 Å². The molecule has 0 radical (unpaired) electrons. The molecule has 0 bridgehead atoms. The molecule has 0 N–H and O–H groups in total. The Morgan fingerprint density at radius 2 is 1.77 bits per heavy atom. The molecule has 22 heavy (non-hydrogen) atoms. The van der Waals surface area contributed by atoms with Crippen molar-refractivity contribution < 1.29 is 0 Å². The van der Waals surface area contributed by atoms with Crippen molar-refractivity contribution >= 4 is 17.3 Å². The zero-order valence-electron chi connectivity index (χ0n) is 12.9. The molecule has 2 atom stereocenters. The lowest BCUT2D eigenvalue weighted by atomic mass is 9.92.